The molecule has 3 rings (SSSR count). The highest BCUT2D eigenvalue weighted by atomic mass is 19.1. The molecule has 0 spiro atoms. The summed E-state index contributed by atoms with van der Waals surface area (Å²) in [5.41, 5.74) is 0.755. The van der Waals surface area contributed by atoms with Gasteiger partial charge in [-0.1, -0.05) is 12.1 Å². The normalized spacial score (nSPS) is 18.5. The predicted octanol–water partition coefficient (Wildman–Crippen LogP) is 3.21. The highest BCUT2D eigenvalue weighted by Crippen LogP contribution is 2.26. The van der Waals surface area contributed by atoms with Crippen molar-refractivity contribution in [1.29, 1.82) is 0 Å². The van der Waals surface area contributed by atoms with Crippen molar-refractivity contribution in [3.63, 3.8) is 0 Å². The number of halogens is 2. The average molecular weight is 346 g/mol. The zero-order valence-corrected chi connectivity index (χ0v) is 14.2. The van der Waals surface area contributed by atoms with Gasteiger partial charge >= 0.3 is 0 Å². The lowest BCUT2D eigenvalue weighted by Gasteiger charge is -2.39. The van der Waals surface area contributed by atoms with Crippen molar-refractivity contribution < 1.29 is 18.3 Å². The van der Waals surface area contributed by atoms with Crippen LogP contribution in [0.1, 0.15) is 12.5 Å². The van der Waals surface area contributed by atoms with Gasteiger partial charge in [0, 0.05) is 37.0 Å². The molecule has 0 aromatic heterocycles. The molecule has 0 N–H and O–H groups in total. The fourth-order valence-electron chi connectivity index (χ4n) is 3.05. The lowest BCUT2D eigenvalue weighted by Crippen LogP contribution is -2.55. The number of ether oxygens (including phenoxy) is 1. The standard InChI is InChI=1S/C19H20F2N2O2/c1-13-19(24)23(14-5-3-6-15(11-14)25-2)10-9-22(13)12-16-17(20)7-4-8-18(16)21/h3-8,11,13H,9-10,12H2,1-2H3/t13-/m1/s1. The van der Waals surface area contributed by atoms with E-state index in [-0.39, 0.29) is 18.0 Å². The Balaban J connectivity index is 1.77. The highest BCUT2D eigenvalue weighted by molar-refractivity contribution is 5.97. The maximum atomic E-state index is 13.9. The molecular weight excluding hydrogens is 326 g/mol. The van der Waals surface area contributed by atoms with Crippen molar-refractivity contribution in [1.82, 2.24) is 4.90 Å². The molecule has 0 saturated carbocycles. The Bertz CT molecular complexity index is 762. The van der Waals surface area contributed by atoms with Gasteiger partial charge in [-0.3, -0.25) is 9.69 Å². The van der Waals surface area contributed by atoms with Crippen molar-refractivity contribution >= 4 is 11.6 Å². The fourth-order valence-corrected chi connectivity index (χ4v) is 3.05. The van der Waals surface area contributed by atoms with Crippen LogP contribution in [0.3, 0.4) is 0 Å². The summed E-state index contributed by atoms with van der Waals surface area (Å²) in [6, 6.07) is 10.6. The number of methoxy groups -OCH3 is 1. The van der Waals surface area contributed by atoms with Crippen LogP contribution in [0.15, 0.2) is 42.5 Å². The van der Waals surface area contributed by atoms with Crippen molar-refractivity contribution in [2.45, 2.75) is 19.5 Å². The van der Waals surface area contributed by atoms with Crippen LogP contribution in [-0.2, 0) is 11.3 Å². The summed E-state index contributed by atoms with van der Waals surface area (Å²) in [7, 11) is 1.57. The molecule has 0 bridgehead atoms. The summed E-state index contributed by atoms with van der Waals surface area (Å²) in [4.78, 5) is 16.2. The van der Waals surface area contributed by atoms with E-state index in [4.69, 9.17) is 4.74 Å². The number of hydrogen-bond acceptors (Lipinski definition) is 3. The van der Waals surface area contributed by atoms with Gasteiger partial charge < -0.3 is 9.64 Å². The van der Waals surface area contributed by atoms with Crippen molar-refractivity contribution in [3.05, 3.63) is 59.7 Å². The Hall–Kier alpha value is -2.47. The van der Waals surface area contributed by atoms with Gasteiger partial charge in [0.1, 0.15) is 17.4 Å². The van der Waals surface area contributed by atoms with E-state index in [1.807, 2.05) is 18.2 Å². The molecule has 0 aliphatic carbocycles. The smallest absolute Gasteiger partial charge is 0.244 e. The number of rotatable bonds is 4. The molecule has 0 unspecified atom stereocenters. The van der Waals surface area contributed by atoms with E-state index in [1.165, 1.54) is 18.2 Å². The predicted molar refractivity (Wildman–Crippen MR) is 91.6 cm³/mol. The lowest BCUT2D eigenvalue weighted by atomic mass is 10.1. The SMILES string of the molecule is COc1cccc(N2CCN(Cc3c(F)cccc3F)[C@H](C)C2=O)c1. The van der Waals surface area contributed by atoms with Crippen LogP contribution in [0.25, 0.3) is 0 Å². The fraction of sp³-hybridized carbons (Fsp3) is 0.316. The molecule has 0 radical (unpaired) electrons. The molecule has 1 aliphatic rings. The first kappa shape index (κ1) is 17.4. The van der Waals surface area contributed by atoms with E-state index in [1.54, 1.807) is 29.9 Å². The number of benzene rings is 2. The van der Waals surface area contributed by atoms with E-state index in [2.05, 4.69) is 0 Å². The molecule has 1 aliphatic heterocycles. The van der Waals surface area contributed by atoms with E-state index in [0.29, 0.717) is 18.8 Å². The second kappa shape index (κ2) is 7.19. The molecule has 1 saturated heterocycles. The van der Waals surface area contributed by atoms with E-state index in [9.17, 15) is 13.6 Å². The van der Waals surface area contributed by atoms with Gasteiger partial charge in [0.2, 0.25) is 5.91 Å². The number of nitrogens with zero attached hydrogens (tertiary/aromatic N) is 2. The van der Waals surface area contributed by atoms with Crippen LogP contribution in [-0.4, -0.2) is 37.0 Å². The molecule has 25 heavy (non-hydrogen) atoms. The second-order valence-corrected chi connectivity index (χ2v) is 6.04. The Morgan fingerprint density at radius 3 is 2.48 bits per heavy atom. The van der Waals surface area contributed by atoms with E-state index >= 15 is 0 Å². The molecule has 1 atom stereocenters. The van der Waals surface area contributed by atoms with Crippen LogP contribution in [0.5, 0.6) is 5.75 Å². The maximum Gasteiger partial charge on any atom is 0.244 e. The van der Waals surface area contributed by atoms with Gasteiger partial charge in [-0.2, -0.15) is 0 Å². The first-order valence-corrected chi connectivity index (χ1v) is 8.13. The number of hydrogen-bond donors (Lipinski definition) is 0. The topological polar surface area (TPSA) is 32.8 Å². The third-order valence-electron chi connectivity index (χ3n) is 4.57. The zero-order chi connectivity index (χ0) is 18.0. The van der Waals surface area contributed by atoms with Gasteiger partial charge in [0.15, 0.2) is 0 Å². The minimum atomic E-state index is -0.588. The Morgan fingerprint density at radius 1 is 1.12 bits per heavy atom. The summed E-state index contributed by atoms with van der Waals surface area (Å²) < 4.78 is 33.0. The Labute approximate surface area is 145 Å². The summed E-state index contributed by atoms with van der Waals surface area (Å²) in [6.45, 7) is 2.80. The minimum Gasteiger partial charge on any atom is -0.497 e. The van der Waals surface area contributed by atoms with Crippen LogP contribution < -0.4 is 9.64 Å². The van der Waals surface area contributed by atoms with E-state index < -0.39 is 17.7 Å². The molecule has 4 nitrogen and oxygen atoms in total. The van der Waals surface area contributed by atoms with Gasteiger partial charge in [-0.15, -0.1) is 0 Å². The van der Waals surface area contributed by atoms with Crippen LogP contribution in [0.4, 0.5) is 14.5 Å². The summed E-state index contributed by atoms with van der Waals surface area (Å²) in [5, 5.41) is 0. The number of anilines is 1. The first-order valence-electron chi connectivity index (χ1n) is 8.13. The Kier molecular flexibility index (Phi) is 4.99. The number of carbonyl (C=O) groups excluding carboxylic acids is 1. The van der Waals surface area contributed by atoms with Gasteiger partial charge in [-0.05, 0) is 31.2 Å². The van der Waals surface area contributed by atoms with Crippen molar-refractivity contribution in [2.24, 2.45) is 0 Å². The largest absolute Gasteiger partial charge is 0.497 e. The number of amides is 1. The molecule has 132 valence electrons. The molecule has 1 heterocycles. The van der Waals surface area contributed by atoms with Crippen LogP contribution >= 0.6 is 0 Å². The third-order valence-corrected chi connectivity index (χ3v) is 4.57. The third kappa shape index (κ3) is 3.49. The average Bonchev–Trinajstić information content (AvgIpc) is 2.62. The lowest BCUT2D eigenvalue weighted by molar-refractivity contribution is -0.125. The molecule has 1 amide bonds. The molecule has 6 heteroatoms. The second-order valence-electron chi connectivity index (χ2n) is 6.04. The molecule has 1 fully saturated rings. The Morgan fingerprint density at radius 2 is 1.80 bits per heavy atom. The summed E-state index contributed by atoms with van der Waals surface area (Å²) >= 11 is 0. The quantitative estimate of drug-likeness (QED) is 0.852. The summed E-state index contributed by atoms with van der Waals surface area (Å²) in [6.07, 6.45) is 0. The molecule has 2 aromatic rings. The van der Waals surface area contributed by atoms with Gasteiger partial charge in [-0.25, -0.2) is 8.78 Å². The molecule has 2 aromatic carbocycles. The highest BCUT2D eigenvalue weighted by Gasteiger charge is 2.33. The summed E-state index contributed by atoms with van der Waals surface area (Å²) in [5.74, 6) is -0.602. The molecular formula is C19H20F2N2O2. The first-order chi connectivity index (χ1) is 12.0. The zero-order valence-electron chi connectivity index (χ0n) is 14.2. The van der Waals surface area contributed by atoms with Gasteiger partial charge in [0.25, 0.3) is 0 Å². The van der Waals surface area contributed by atoms with Crippen LogP contribution in [0, 0.1) is 11.6 Å². The number of carbonyl (C=O) groups is 1. The van der Waals surface area contributed by atoms with E-state index in [0.717, 1.165) is 5.69 Å². The monoisotopic (exact) mass is 346 g/mol. The van der Waals surface area contributed by atoms with Gasteiger partial charge in [0.05, 0.1) is 13.2 Å². The number of piperazine rings is 1. The van der Waals surface area contributed by atoms with Crippen molar-refractivity contribution in [3.8, 4) is 5.75 Å². The minimum absolute atomic E-state index is 0.00280. The van der Waals surface area contributed by atoms with Crippen LogP contribution in [0.2, 0.25) is 0 Å². The maximum absolute atomic E-state index is 13.9. The van der Waals surface area contributed by atoms with Crippen molar-refractivity contribution in [2.75, 3.05) is 25.1 Å².